The van der Waals surface area contributed by atoms with E-state index in [1.54, 1.807) is 36.5 Å². The Kier molecular flexibility index (Phi) is 7.15. The van der Waals surface area contributed by atoms with Crippen molar-refractivity contribution in [1.82, 2.24) is 15.7 Å². The van der Waals surface area contributed by atoms with E-state index in [4.69, 9.17) is 4.74 Å². The van der Waals surface area contributed by atoms with Crippen molar-refractivity contribution in [3.05, 3.63) is 55.0 Å². The van der Waals surface area contributed by atoms with Crippen molar-refractivity contribution in [2.45, 2.75) is 13.0 Å². The predicted octanol–water partition coefficient (Wildman–Crippen LogP) is 2.48. The van der Waals surface area contributed by atoms with Crippen LogP contribution in [0.25, 0.3) is 11.1 Å². The van der Waals surface area contributed by atoms with Crippen LogP contribution in [0.2, 0.25) is 0 Å². The van der Waals surface area contributed by atoms with Gasteiger partial charge in [-0.3, -0.25) is 9.69 Å². The number of nitrogens with zero attached hydrogens (tertiary/aromatic N) is 3. The van der Waals surface area contributed by atoms with E-state index in [0.29, 0.717) is 29.2 Å². The molecule has 2 heterocycles. The maximum absolute atomic E-state index is 14.8. The highest BCUT2D eigenvalue weighted by atomic mass is 19.1. The molecule has 9 nitrogen and oxygen atoms in total. The Bertz CT molecular complexity index is 980. The molecular formula is C21H23FN6O3. The molecule has 0 aliphatic carbocycles. The summed E-state index contributed by atoms with van der Waals surface area (Å²) >= 11 is 0. The number of hydrogen-bond acceptors (Lipinski definition) is 6. The fourth-order valence-electron chi connectivity index (χ4n) is 2.90. The molecule has 10 heteroatoms. The number of pyridine rings is 1. The SMILES string of the molecule is C=CCN/N=C\Nc1ccc(-c2ccc(N3CC(CNC(C)=O)OC3=O)cc2F)cn1. The van der Waals surface area contributed by atoms with Crippen LogP contribution in [0.15, 0.2) is 54.3 Å². The first-order valence-corrected chi connectivity index (χ1v) is 9.58. The second-order valence-electron chi connectivity index (χ2n) is 6.70. The summed E-state index contributed by atoms with van der Waals surface area (Å²) < 4.78 is 20.0. The molecule has 1 aromatic heterocycles. The number of anilines is 2. The van der Waals surface area contributed by atoms with Crippen molar-refractivity contribution in [3.8, 4) is 11.1 Å². The van der Waals surface area contributed by atoms with Crippen LogP contribution < -0.4 is 21.0 Å². The zero-order chi connectivity index (χ0) is 22.2. The van der Waals surface area contributed by atoms with Crippen LogP contribution in [-0.4, -0.2) is 49.1 Å². The number of amides is 2. The summed E-state index contributed by atoms with van der Waals surface area (Å²) in [5.41, 5.74) is 4.07. The van der Waals surface area contributed by atoms with Gasteiger partial charge < -0.3 is 20.8 Å². The van der Waals surface area contributed by atoms with E-state index in [0.717, 1.165) is 0 Å². The molecule has 0 saturated carbocycles. The molecule has 162 valence electrons. The highest BCUT2D eigenvalue weighted by Gasteiger charge is 2.32. The first-order chi connectivity index (χ1) is 15.0. The smallest absolute Gasteiger partial charge is 0.414 e. The Labute approximate surface area is 179 Å². The van der Waals surface area contributed by atoms with Gasteiger partial charge in [0.1, 0.15) is 24.1 Å². The fraction of sp³-hybridized carbons (Fsp3) is 0.238. The number of carbonyl (C=O) groups is 2. The van der Waals surface area contributed by atoms with Gasteiger partial charge in [0.25, 0.3) is 0 Å². The summed E-state index contributed by atoms with van der Waals surface area (Å²) in [6, 6.07) is 7.94. The van der Waals surface area contributed by atoms with E-state index in [2.05, 4.69) is 32.7 Å². The van der Waals surface area contributed by atoms with E-state index in [-0.39, 0.29) is 19.0 Å². The van der Waals surface area contributed by atoms with Crippen LogP contribution in [0, 0.1) is 5.82 Å². The highest BCUT2D eigenvalue weighted by Crippen LogP contribution is 2.29. The topological polar surface area (TPSA) is 108 Å². The number of cyclic esters (lactones) is 1. The van der Waals surface area contributed by atoms with Gasteiger partial charge in [-0.2, -0.15) is 5.10 Å². The first kappa shape index (κ1) is 21.8. The summed E-state index contributed by atoms with van der Waals surface area (Å²) in [5, 5.41) is 9.41. The lowest BCUT2D eigenvalue weighted by atomic mass is 10.1. The number of nitrogens with one attached hydrogen (secondary N) is 3. The molecule has 0 radical (unpaired) electrons. The van der Waals surface area contributed by atoms with E-state index >= 15 is 0 Å². The normalized spacial score (nSPS) is 15.6. The van der Waals surface area contributed by atoms with Crippen molar-refractivity contribution >= 4 is 29.8 Å². The summed E-state index contributed by atoms with van der Waals surface area (Å²) in [6.07, 6.45) is 3.61. The van der Waals surface area contributed by atoms with Crippen LogP contribution in [0.5, 0.6) is 0 Å². The Hall–Kier alpha value is -3.95. The van der Waals surface area contributed by atoms with Gasteiger partial charge in [0.2, 0.25) is 5.91 Å². The molecule has 1 aliphatic rings. The molecule has 1 unspecified atom stereocenters. The van der Waals surface area contributed by atoms with Crippen molar-refractivity contribution in [3.63, 3.8) is 0 Å². The van der Waals surface area contributed by atoms with Crippen LogP contribution >= 0.6 is 0 Å². The largest absolute Gasteiger partial charge is 0.442 e. The number of carbonyl (C=O) groups excluding carboxylic acids is 2. The summed E-state index contributed by atoms with van der Waals surface area (Å²) in [5.74, 6) is -0.153. The highest BCUT2D eigenvalue weighted by molar-refractivity contribution is 5.90. The number of halogens is 1. The van der Waals surface area contributed by atoms with E-state index in [1.165, 1.54) is 24.2 Å². The Morgan fingerprint density at radius 2 is 2.26 bits per heavy atom. The average Bonchev–Trinajstić information content (AvgIpc) is 3.13. The lowest BCUT2D eigenvalue weighted by Gasteiger charge is -2.14. The van der Waals surface area contributed by atoms with Crippen LogP contribution in [0.4, 0.5) is 20.7 Å². The minimum Gasteiger partial charge on any atom is -0.442 e. The standard InChI is InChI=1S/C21H23FN6O3/c1-3-8-26-27-13-25-20-7-4-15(10-24-20)18-6-5-16(9-19(18)22)28-12-17(31-21(28)30)11-23-14(2)29/h3-7,9-10,13,17,26H,1,8,11-12H2,2H3,(H,23,29)(H,24,25,27). The average molecular weight is 426 g/mol. The molecule has 0 spiro atoms. The second-order valence-corrected chi connectivity index (χ2v) is 6.70. The molecule has 1 atom stereocenters. The van der Waals surface area contributed by atoms with Crippen LogP contribution in [0.3, 0.4) is 0 Å². The maximum Gasteiger partial charge on any atom is 0.414 e. The van der Waals surface area contributed by atoms with Gasteiger partial charge >= 0.3 is 6.09 Å². The van der Waals surface area contributed by atoms with Gasteiger partial charge in [-0.1, -0.05) is 6.08 Å². The molecular weight excluding hydrogens is 403 g/mol. The zero-order valence-corrected chi connectivity index (χ0v) is 17.0. The zero-order valence-electron chi connectivity index (χ0n) is 17.0. The van der Waals surface area contributed by atoms with Gasteiger partial charge in [-0.05, 0) is 30.3 Å². The molecule has 3 rings (SSSR count). The monoisotopic (exact) mass is 426 g/mol. The Morgan fingerprint density at radius 3 is 2.94 bits per heavy atom. The molecule has 1 fully saturated rings. The number of benzene rings is 1. The van der Waals surface area contributed by atoms with Crippen molar-refractivity contribution in [2.24, 2.45) is 5.10 Å². The summed E-state index contributed by atoms with van der Waals surface area (Å²) in [7, 11) is 0. The van der Waals surface area contributed by atoms with Gasteiger partial charge in [0.05, 0.1) is 25.3 Å². The third kappa shape index (κ3) is 5.78. The summed E-state index contributed by atoms with van der Waals surface area (Å²) in [4.78, 5) is 28.7. The van der Waals surface area contributed by atoms with Crippen molar-refractivity contribution < 1.29 is 18.7 Å². The van der Waals surface area contributed by atoms with Crippen molar-refractivity contribution in [2.75, 3.05) is 29.9 Å². The molecule has 1 aliphatic heterocycles. The second kappa shape index (κ2) is 10.2. The molecule has 3 N–H and O–H groups in total. The quantitative estimate of drug-likeness (QED) is 0.187. The van der Waals surface area contributed by atoms with Gasteiger partial charge in [-0.15, -0.1) is 6.58 Å². The molecule has 0 bridgehead atoms. The van der Waals surface area contributed by atoms with Gasteiger partial charge in [0, 0.05) is 24.2 Å². The first-order valence-electron chi connectivity index (χ1n) is 9.58. The number of hydrogen-bond donors (Lipinski definition) is 3. The third-order valence-corrected chi connectivity index (χ3v) is 4.40. The maximum atomic E-state index is 14.8. The molecule has 1 aromatic carbocycles. The number of hydrazone groups is 1. The predicted molar refractivity (Wildman–Crippen MR) is 116 cm³/mol. The van der Waals surface area contributed by atoms with E-state index in [9.17, 15) is 14.0 Å². The number of ether oxygens (including phenoxy) is 1. The minimum absolute atomic E-state index is 0.208. The van der Waals surface area contributed by atoms with E-state index in [1.807, 2.05) is 0 Å². The Balaban J connectivity index is 1.65. The lowest BCUT2D eigenvalue weighted by Crippen LogP contribution is -2.33. The van der Waals surface area contributed by atoms with Gasteiger partial charge in [-0.25, -0.2) is 14.2 Å². The number of aromatic nitrogens is 1. The van der Waals surface area contributed by atoms with Crippen LogP contribution in [0.1, 0.15) is 6.92 Å². The minimum atomic E-state index is -0.580. The Morgan fingerprint density at radius 1 is 1.42 bits per heavy atom. The fourth-order valence-corrected chi connectivity index (χ4v) is 2.90. The molecule has 31 heavy (non-hydrogen) atoms. The van der Waals surface area contributed by atoms with E-state index < -0.39 is 18.0 Å². The van der Waals surface area contributed by atoms with Gasteiger partial charge in [0.15, 0.2) is 0 Å². The van der Waals surface area contributed by atoms with Crippen molar-refractivity contribution in [1.29, 1.82) is 0 Å². The molecule has 2 aromatic rings. The van der Waals surface area contributed by atoms with Crippen LogP contribution in [-0.2, 0) is 9.53 Å². The molecule has 1 saturated heterocycles. The number of rotatable bonds is 9. The molecule has 2 amide bonds. The summed E-state index contributed by atoms with van der Waals surface area (Å²) in [6.45, 7) is 5.93. The lowest BCUT2D eigenvalue weighted by molar-refractivity contribution is -0.119. The third-order valence-electron chi connectivity index (χ3n) is 4.40.